The van der Waals surface area contributed by atoms with Crippen LogP contribution in [0.2, 0.25) is 0 Å². The fourth-order valence-electron chi connectivity index (χ4n) is 4.38. The SMILES string of the molecule is CCN1C(=O)C(C)c2cc(C(=O)CN3CCN(c4ccc([N+](=O)[O-])cc4)CC3)ccc21. The van der Waals surface area contributed by atoms with E-state index in [-0.39, 0.29) is 23.3 Å². The van der Waals surface area contributed by atoms with E-state index in [4.69, 9.17) is 0 Å². The number of likely N-dealkylation sites (N-methyl/N-ethyl adjacent to an activating group) is 1. The minimum Gasteiger partial charge on any atom is -0.369 e. The van der Waals surface area contributed by atoms with Crippen LogP contribution in [0.4, 0.5) is 17.1 Å². The van der Waals surface area contributed by atoms with E-state index in [0.717, 1.165) is 43.1 Å². The summed E-state index contributed by atoms with van der Waals surface area (Å²) in [7, 11) is 0. The molecule has 0 saturated carbocycles. The lowest BCUT2D eigenvalue weighted by molar-refractivity contribution is -0.384. The summed E-state index contributed by atoms with van der Waals surface area (Å²) in [6.07, 6.45) is 0. The van der Waals surface area contributed by atoms with Crippen LogP contribution in [0.5, 0.6) is 0 Å². The van der Waals surface area contributed by atoms with Gasteiger partial charge in [-0.15, -0.1) is 0 Å². The van der Waals surface area contributed by atoms with Gasteiger partial charge >= 0.3 is 0 Å². The minimum atomic E-state index is -0.400. The third-order valence-corrected chi connectivity index (χ3v) is 6.22. The Kier molecular flexibility index (Phi) is 5.73. The molecule has 2 aliphatic rings. The predicted octanol–water partition coefficient (Wildman–Crippen LogP) is 3.07. The van der Waals surface area contributed by atoms with E-state index in [1.54, 1.807) is 17.0 Å². The fourth-order valence-corrected chi connectivity index (χ4v) is 4.38. The van der Waals surface area contributed by atoms with Gasteiger partial charge in [-0.1, -0.05) is 0 Å². The lowest BCUT2D eigenvalue weighted by Gasteiger charge is -2.35. The quantitative estimate of drug-likeness (QED) is 0.404. The summed E-state index contributed by atoms with van der Waals surface area (Å²) in [6.45, 7) is 7.81. The molecule has 2 aromatic carbocycles. The molecule has 0 aliphatic carbocycles. The lowest BCUT2D eigenvalue weighted by atomic mass is 9.98. The summed E-state index contributed by atoms with van der Waals surface area (Å²) >= 11 is 0. The average Bonchev–Trinajstić information content (AvgIpc) is 3.03. The number of Topliss-reactive ketones (excluding diaryl/α,β-unsaturated/α-hetero) is 1. The van der Waals surface area contributed by atoms with Gasteiger partial charge in [0.15, 0.2) is 5.78 Å². The van der Waals surface area contributed by atoms with Crippen molar-refractivity contribution in [1.29, 1.82) is 0 Å². The Morgan fingerprint density at radius 3 is 2.39 bits per heavy atom. The number of rotatable bonds is 6. The summed E-state index contributed by atoms with van der Waals surface area (Å²) in [4.78, 5) is 41.8. The molecule has 2 aliphatic heterocycles. The largest absolute Gasteiger partial charge is 0.369 e. The highest BCUT2D eigenvalue weighted by Crippen LogP contribution is 2.37. The minimum absolute atomic E-state index is 0.0567. The van der Waals surface area contributed by atoms with Crippen molar-refractivity contribution in [3.63, 3.8) is 0 Å². The second-order valence-electron chi connectivity index (χ2n) is 8.04. The lowest BCUT2D eigenvalue weighted by Crippen LogP contribution is -2.48. The highest BCUT2D eigenvalue weighted by molar-refractivity contribution is 6.06. The number of nitrogens with zero attached hydrogens (tertiary/aromatic N) is 4. The number of anilines is 2. The molecule has 1 amide bonds. The number of carbonyl (C=O) groups is 2. The molecule has 0 spiro atoms. The van der Waals surface area contributed by atoms with Crippen LogP contribution in [-0.4, -0.2) is 60.8 Å². The van der Waals surface area contributed by atoms with E-state index in [1.165, 1.54) is 12.1 Å². The Labute approximate surface area is 181 Å². The van der Waals surface area contributed by atoms with Crippen LogP contribution in [0.15, 0.2) is 42.5 Å². The molecule has 4 rings (SSSR count). The first kappa shape index (κ1) is 21.0. The first-order valence-electron chi connectivity index (χ1n) is 10.6. The molecule has 31 heavy (non-hydrogen) atoms. The maximum absolute atomic E-state index is 12.9. The van der Waals surface area contributed by atoms with E-state index in [9.17, 15) is 19.7 Å². The van der Waals surface area contributed by atoms with Crippen LogP contribution in [0, 0.1) is 10.1 Å². The monoisotopic (exact) mass is 422 g/mol. The van der Waals surface area contributed by atoms with E-state index >= 15 is 0 Å². The van der Waals surface area contributed by atoms with Gasteiger partial charge in [-0.2, -0.15) is 0 Å². The molecule has 8 heteroatoms. The van der Waals surface area contributed by atoms with Gasteiger partial charge in [0.1, 0.15) is 0 Å². The van der Waals surface area contributed by atoms with Crippen LogP contribution in [-0.2, 0) is 4.79 Å². The zero-order valence-corrected chi connectivity index (χ0v) is 17.8. The molecule has 0 N–H and O–H groups in total. The zero-order chi connectivity index (χ0) is 22.1. The number of fused-ring (bicyclic) bond motifs is 1. The molecule has 1 atom stereocenters. The normalized spacial score (nSPS) is 18.9. The smallest absolute Gasteiger partial charge is 0.269 e. The number of nitro groups is 1. The van der Waals surface area contributed by atoms with Gasteiger partial charge in [-0.05, 0) is 49.7 Å². The van der Waals surface area contributed by atoms with Crippen molar-refractivity contribution >= 4 is 28.8 Å². The van der Waals surface area contributed by atoms with Crippen molar-refractivity contribution < 1.29 is 14.5 Å². The second kappa shape index (κ2) is 8.47. The Bertz CT molecular complexity index is 1010. The number of hydrogen-bond donors (Lipinski definition) is 0. The summed E-state index contributed by atoms with van der Waals surface area (Å²) in [5.74, 6) is -0.0708. The van der Waals surface area contributed by atoms with Crippen LogP contribution < -0.4 is 9.80 Å². The van der Waals surface area contributed by atoms with Crippen molar-refractivity contribution in [2.24, 2.45) is 0 Å². The molecule has 2 aromatic rings. The van der Waals surface area contributed by atoms with Crippen molar-refractivity contribution in [2.75, 3.05) is 49.1 Å². The molecule has 162 valence electrons. The molecule has 0 bridgehead atoms. The Balaban J connectivity index is 1.36. The van der Waals surface area contributed by atoms with Gasteiger partial charge < -0.3 is 9.80 Å². The van der Waals surface area contributed by atoms with Crippen LogP contribution >= 0.6 is 0 Å². The second-order valence-corrected chi connectivity index (χ2v) is 8.04. The molecule has 8 nitrogen and oxygen atoms in total. The van der Waals surface area contributed by atoms with E-state index in [2.05, 4.69) is 9.80 Å². The number of amides is 1. The van der Waals surface area contributed by atoms with Gasteiger partial charge in [-0.3, -0.25) is 24.6 Å². The number of ketones is 1. The van der Waals surface area contributed by atoms with Gasteiger partial charge in [0.2, 0.25) is 5.91 Å². The van der Waals surface area contributed by atoms with Crippen LogP contribution in [0.1, 0.15) is 35.7 Å². The summed E-state index contributed by atoms with van der Waals surface area (Å²) < 4.78 is 0. The standard InChI is InChI=1S/C23H26N4O4/c1-3-26-21-9-4-17(14-20(21)16(2)23(26)29)22(28)15-24-10-12-25(13-11-24)18-5-7-19(8-6-18)27(30)31/h4-9,14,16H,3,10-13,15H2,1-2H3. The molecule has 1 saturated heterocycles. The van der Waals surface area contributed by atoms with Gasteiger partial charge in [0.25, 0.3) is 5.69 Å². The third-order valence-electron chi connectivity index (χ3n) is 6.22. The summed E-state index contributed by atoms with van der Waals surface area (Å²) in [5.41, 5.74) is 3.53. The molecular weight excluding hydrogens is 396 g/mol. The van der Waals surface area contributed by atoms with Gasteiger partial charge in [0, 0.05) is 61.8 Å². The Morgan fingerprint density at radius 1 is 1.10 bits per heavy atom. The first-order chi connectivity index (χ1) is 14.9. The topological polar surface area (TPSA) is 87.0 Å². The predicted molar refractivity (Wildman–Crippen MR) is 119 cm³/mol. The molecule has 2 heterocycles. The maximum Gasteiger partial charge on any atom is 0.269 e. The molecular formula is C23H26N4O4. The molecule has 1 unspecified atom stereocenters. The van der Waals surface area contributed by atoms with Crippen molar-refractivity contribution in [3.05, 3.63) is 63.7 Å². The van der Waals surface area contributed by atoms with E-state index in [0.29, 0.717) is 18.7 Å². The van der Waals surface area contributed by atoms with Gasteiger partial charge in [-0.25, -0.2) is 0 Å². The number of piperazine rings is 1. The van der Waals surface area contributed by atoms with E-state index in [1.807, 2.05) is 32.0 Å². The number of hydrogen-bond acceptors (Lipinski definition) is 6. The Hall–Kier alpha value is -3.26. The van der Waals surface area contributed by atoms with Crippen molar-refractivity contribution in [3.8, 4) is 0 Å². The number of non-ortho nitro benzene ring substituents is 1. The van der Waals surface area contributed by atoms with E-state index < -0.39 is 4.92 Å². The maximum atomic E-state index is 12.9. The number of carbonyl (C=O) groups excluding carboxylic acids is 2. The molecule has 0 aromatic heterocycles. The molecule has 1 fully saturated rings. The zero-order valence-electron chi connectivity index (χ0n) is 17.8. The van der Waals surface area contributed by atoms with Crippen molar-refractivity contribution in [2.45, 2.75) is 19.8 Å². The fraction of sp³-hybridized carbons (Fsp3) is 0.391. The highest BCUT2D eigenvalue weighted by atomic mass is 16.6. The molecule has 0 radical (unpaired) electrons. The Morgan fingerprint density at radius 2 is 1.77 bits per heavy atom. The first-order valence-corrected chi connectivity index (χ1v) is 10.6. The van der Waals surface area contributed by atoms with Crippen LogP contribution in [0.25, 0.3) is 0 Å². The van der Waals surface area contributed by atoms with Crippen LogP contribution in [0.3, 0.4) is 0 Å². The average molecular weight is 422 g/mol. The number of benzene rings is 2. The summed E-state index contributed by atoms with van der Waals surface area (Å²) in [5, 5.41) is 10.8. The van der Waals surface area contributed by atoms with Crippen molar-refractivity contribution in [1.82, 2.24) is 4.90 Å². The van der Waals surface area contributed by atoms with Gasteiger partial charge in [0.05, 0.1) is 17.4 Å². The third kappa shape index (κ3) is 4.03. The summed E-state index contributed by atoms with van der Waals surface area (Å²) in [6, 6.07) is 12.2. The number of nitro benzene ring substituents is 1. The highest BCUT2D eigenvalue weighted by Gasteiger charge is 2.33.